The molecular formula is C18H18N2O2. The Kier molecular flexibility index (Phi) is 3.45. The van der Waals surface area contributed by atoms with Crippen LogP contribution in [0.5, 0.6) is 5.75 Å². The van der Waals surface area contributed by atoms with E-state index in [4.69, 9.17) is 0 Å². The smallest absolute Gasteiger partial charge is 0.161 e. The summed E-state index contributed by atoms with van der Waals surface area (Å²) < 4.78 is 1.69. The van der Waals surface area contributed by atoms with Gasteiger partial charge in [-0.25, -0.2) is 4.68 Å². The number of carbonyl (C=O) groups excluding carboxylic acids is 1. The van der Waals surface area contributed by atoms with E-state index in [0.717, 1.165) is 17.5 Å². The molecule has 3 rings (SSSR count). The first-order chi connectivity index (χ1) is 10.6. The molecule has 1 atom stereocenters. The van der Waals surface area contributed by atoms with Gasteiger partial charge in [0.25, 0.3) is 0 Å². The average molecular weight is 294 g/mol. The maximum Gasteiger partial charge on any atom is 0.161 e. The molecule has 0 saturated heterocycles. The molecule has 4 nitrogen and oxygen atoms in total. The fraction of sp³-hybridized carbons (Fsp3) is 0.222. The molecule has 0 bridgehead atoms. The van der Waals surface area contributed by atoms with Crippen molar-refractivity contribution in [3.05, 3.63) is 65.5 Å². The lowest BCUT2D eigenvalue weighted by atomic mass is 9.79. The maximum absolute atomic E-state index is 11.9. The molecule has 1 heterocycles. The fourth-order valence-electron chi connectivity index (χ4n) is 2.87. The minimum atomic E-state index is -0.887. The number of aromatic hydroxyl groups is 1. The lowest BCUT2D eigenvalue weighted by Gasteiger charge is -2.26. The Bertz CT molecular complexity index is 786. The van der Waals surface area contributed by atoms with Crippen LogP contribution in [0.2, 0.25) is 0 Å². The van der Waals surface area contributed by atoms with Crippen molar-refractivity contribution in [1.82, 2.24) is 9.78 Å². The zero-order valence-corrected chi connectivity index (χ0v) is 12.7. The molecule has 1 aliphatic rings. The fourth-order valence-corrected chi connectivity index (χ4v) is 2.87. The van der Waals surface area contributed by atoms with E-state index < -0.39 is 5.41 Å². The highest BCUT2D eigenvalue weighted by Crippen LogP contribution is 2.39. The van der Waals surface area contributed by atoms with Crippen LogP contribution in [-0.2, 0) is 10.2 Å². The Labute approximate surface area is 129 Å². The van der Waals surface area contributed by atoms with E-state index in [1.54, 1.807) is 11.6 Å². The number of nitrogens with zero attached hydrogens (tertiary/aromatic N) is 2. The van der Waals surface area contributed by atoms with Gasteiger partial charge in [0.1, 0.15) is 17.7 Å². The van der Waals surface area contributed by atoms with Crippen LogP contribution in [0.15, 0.2) is 48.6 Å². The summed E-state index contributed by atoms with van der Waals surface area (Å²) >= 11 is 0. The molecule has 0 fully saturated rings. The van der Waals surface area contributed by atoms with E-state index >= 15 is 0 Å². The van der Waals surface area contributed by atoms with Crippen molar-refractivity contribution in [3.63, 3.8) is 0 Å². The molecule has 4 heteroatoms. The largest absolute Gasteiger partial charge is 0.504 e. The van der Waals surface area contributed by atoms with E-state index in [-0.39, 0.29) is 5.75 Å². The highest BCUT2D eigenvalue weighted by atomic mass is 16.3. The SMILES string of the molecule is Cc1ccccc1-n1nc(C)c(O)c1C1(C=O)C=CC=CC1. The topological polar surface area (TPSA) is 55.1 Å². The minimum Gasteiger partial charge on any atom is -0.504 e. The van der Waals surface area contributed by atoms with Crippen molar-refractivity contribution in [2.45, 2.75) is 25.7 Å². The Morgan fingerprint density at radius 2 is 2.05 bits per heavy atom. The standard InChI is InChI=1S/C18H18N2O2/c1-13-8-4-5-9-15(13)20-17(16(22)14(2)19-20)18(12-21)10-6-3-7-11-18/h3-10,12,22H,11H2,1-2H3. The molecule has 0 aliphatic heterocycles. The molecule has 1 N–H and O–H groups in total. The molecular weight excluding hydrogens is 276 g/mol. The molecule has 0 amide bonds. The van der Waals surface area contributed by atoms with Gasteiger partial charge in [0, 0.05) is 0 Å². The number of hydrogen-bond donors (Lipinski definition) is 1. The first-order valence-corrected chi connectivity index (χ1v) is 7.25. The highest BCUT2D eigenvalue weighted by molar-refractivity contribution is 5.75. The number of carbonyl (C=O) groups is 1. The highest BCUT2D eigenvalue weighted by Gasteiger charge is 2.37. The van der Waals surface area contributed by atoms with Crippen molar-refractivity contribution < 1.29 is 9.90 Å². The van der Waals surface area contributed by atoms with E-state index in [1.807, 2.05) is 55.5 Å². The first-order valence-electron chi connectivity index (χ1n) is 7.25. The minimum absolute atomic E-state index is 0.0790. The molecule has 1 aliphatic carbocycles. The van der Waals surface area contributed by atoms with Crippen molar-refractivity contribution in [2.24, 2.45) is 0 Å². The predicted octanol–water partition coefficient (Wildman–Crippen LogP) is 3.15. The zero-order valence-electron chi connectivity index (χ0n) is 12.7. The van der Waals surface area contributed by atoms with Crippen molar-refractivity contribution in [1.29, 1.82) is 0 Å². The van der Waals surface area contributed by atoms with Gasteiger partial charge in [-0.05, 0) is 31.9 Å². The number of benzene rings is 1. The van der Waals surface area contributed by atoms with Gasteiger partial charge >= 0.3 is 0 Å². The predicted molar refractivity (Wildman–Crippen MR) is 85.3 cm³/mol. The summed E-state index contributed by atoms with van der Waals surface area (Å²) in [5, 5.41) is 15.0. The van der Waals surface area contributed by atoms with Crippen LogP contribution < -0.4 is 0 Å². The lowest BCUT2D eigenvalue weighted by molar-refractivity contribution is -0.111. The second-order valence-electron chi connectivity index (χ2n) is 5.63. The number of aryl methyl sites for hydroxylation is 2. The lowest BCUT2D eigenvalue weighted by Crippen LogP contribution is -2.29. The van der Waals surface area contributed by atoms with Crippen LogP contribution in [0.3, 0.4) is 0 Å². The van der Waals surface area contributed by atoms with E-state index in [9.17, 15) is 9.90 Å². The third-order valence-corrected chi connectivity index (χ3v) is 4.12. The van der Waals surface area contributed by atoms with Gasteiger partial charge in [-0.1, -0.05) is 42.5 Å². The van der Waals surface area contributed by atoms with Crippen molar-refractivity contribution >= 4 is 6.29 Å². The number of allylic oxidation sites excluding steroid dienone is 4. The third kappa shape index (κ3) is 2.08. The molecule has 22 heavy (non-hydrogen) atoms. The number of rotatable bonds is 3. The second kappa shape index (κ2) is 5.30. The quantitative estimate of drug-likeness (QED) is 0.885. The van der Waals surface area contributed by atoms with Gasteiger partial charge in [0.2, 0.25) is 0 Å². The summed E-state index contributed by atoms with van der Waals surface area (Å²) in [6.07, 6.45) is 8.89. The Balaban J connectivity index is 2.29. The Hall–Kier alpha value is -2.62. The number of aromatic nitrogens is 2. The number of hydrogen-bond acceptors (Lipinski definition) is 3. The maximum atomic E-state index is 11.9. The molecule has 0 saturated carbocycles. The summed E-state index contributed by atoms with van der Waals surface area (Å²) in [5.41, 5.74) is 2.05. The molecule has 0 radical (unpaired) electrons. The van der Waals surface area contributed by atoms with Gasteiger partial charge in [-0.2, -0.15) is 5.10 Å². The summed E-state index contributed by atoms with van der Waals surface area (Å²) in [6.45, 7) is 3.73. The third-order valence-electron chi connectivity index (χ3n) is 4.12. The monoisotopic (exact) mass is 294 g/mol. The van der Waals surface area contributed by atoms with Crippen LogP contribution >= 0.6 is 0 Å². The molecule has 0 spiro atoms. The first kappa shape index (κ1) is 14.3. The molecule has 2 aromatic rings. The van der Waals surface area contributed by atoms with Crippen LogP contribution in [0.4, 0.5) is 0 Å². The van der Waals surface area contributed by atoms with Gasteiger partial charge in [0.05, 0.1) is 11.1 Å². The van der Waals surface area contributed by atoms with E-state index in [0.29, 0.717) is 17.8 Å². The van der Waals surface area contributed by atoms with Crippen LogP contribution in [-0.4, -0.2) is 21.2 Å². The van der Waals surface area contributed by atoms with Gasteiger partial charge in [-0.3, -0.25) is 0 Å². The molecule has 112 valence electrons. The number of aldehydes is 1. The van der Waals surface area contributed by atoms with Crippen LogP contribution in [0.25, 0.3) is 5.69 Å². The van der Waals surface area contributed by atoms with Crippen molar-refractivity contribution in [2.75, 3.05) is 0 Å². The van der Waals surface area contributed by atoms with Gasteiger partial charge < -0.3 is 9.90 Å². The Morgan fingerprint density at radius 1 is 1.27 bits per heavy atom. The second-order valence-corrected chi connectivity index (χ2v) is 5.63. The molecule has 1 aromatic carbocycles. The van der Waals surface area contributed by atoms with Crippen LogP contribution in [0, 0.1) is 13.8 Å². The summed E-state index contributed by atoms with van der Waals surface area (Å²) in [4.78, 5) is 11.9. The summed E-state index contributed by atoms with van der Waals surface area (Å²) in [5.74, 6) is 0.0790. The van der Waals surface area contributed by atoms with Crippen molar-refractivity contribution in [3.8, 4) is 11.4 Å². The van der Waals surface area contributed by atoms with E-state index in [1.165, 1.54) is 0 Å². The van der Waals surface area contributed by atoms with Gasteiger partial charge in [0.15, 0.2) is 5.75 Å². The molecule has 1 unspecified atom stereocenters. The summed E-state index contributed by atoms with van der Waals surface area (Å²) in [7, 11) is 0. The van der Waals surface area contributed by atoms with Gasteiger partial charge in [-0.15, -0.1) is 0 Å². The zero-order chi connectivity index (χ0) is 15.7. The van der Waals surface area contributed by atoms with E-state index in [2.05, 4.69) is 5.10 Å². The molecule has 1 aromatic heterocycles. The summed E-state index contributed by atoms with van der Waals surface area (Å²) in [6, 6.07) is 7.79. The number of para-hydroxylation sites is 1. The Morgan fingerprint density at radius 3 is 2.68 bits per heavy atom. The average Bonchev–Trinajstić information content (AvgIpc) is 2.84. The normalized spacial score (nSPS) is 20.3. The van der Waals surface area contributed by atoms with Crippen LogP contribution in [0.1, 0.15) is 23.4 Å².